The molecule has 6 N–H and O–H groups in total. The van der Waals surface area contributed by atoms with Crippen molar-refractivity contribution < 1.29 is 48.0 Å². The fourth-order valence-corrected chi connectivity index (χ4v) is 6.64. The Balaban J connectivity index is 1.62. The topological polar surface area (TPSA) is 165 Å². The molecule has 1 aromatic rings. The molecule has 1 saturated heterocycles. The number of hydrogen-bond donors (Lipinski definition) is 5. The lowest BCUT2D eigenvalue weighted by Gasteiger charge is -2.50. The van der Waals surface area contributed by atoms with Crippen molar-refractivity contribution in [2.75, 3.05) is 27.2 Å². The molecule has 3 aliphatic carbocycles. The number of aromatic hydroxyl groups is 1. The van der Waals surface area contributed by atoms with Gasteiger partial charge in [0.05, 0.1) is 18.2 Å². The maximum Gasteiger partial charge on any atom is 0.261 e. The second-order valence-electron chi connectivity index (χ2n) is 11.0. The van der Waals surface area contributed by atoms with Crippen LogP contribution in [0.5, 0.6) is 5.75 Å². The van der Waals surface area contributed by atoms with E-state index >= 15 is 4.39 Å². The molecule has 1 saturated carbocycles. The second-order valence-corrected chi connectivity index (χ2v) is 11.0. The number of Topliss-reactive ketones (excluding diaryl/α,β-unsaturated/α-hetero) is 2. The van der Waals surface area contributed by atoms with Crippen molar-refractivity contribution in [3.05, 3.63) is 45.5 Å². The number of ketones is 2. The summed E-state index contributed by atoms with van der Waals surface area (Å²) in [5, 5.41) is 44.2. The summed E-state index contributed by atoms with van der Waals surface area (Å²) in [4.78, 5) is 41.6. The van der Waals surface area contributed by atoms with Crippen LogP contribution in [-0.2, 0) is 27.3 Å². The highest BCUT2D eigenvalue weighted by Gasteiger charge is 2.64. The van der Waals surface area contributed by atoms with E-state index in [1.165, 1.54) is 23.9 Å². The lowest BCUT2D eigenvalue weighted by atomic mass is 9.57. The standard InChI is InChI=1S/C26H28F3N3O7/c1-31(2)19-13-6-10-5-12-16(14(33)7-11(18(12)27)8-32-4-3-25(28,29)9-32)20(34)15(10)22(36)26(13,39)23(37)17(21(19)35)24(30)38/h7,10,13,19,33-34,37,39H,3-6,8-9H2,1-2H3,(H2,30,38)/t10-,13-,19-,26-/m0/s1. The SMILES string of the molecule is CN(C)[C@@H]1C(=O)C(C(N)=O)=C(O)[C@@]2(O)C(=O)C3=C(O)c4c(O)cc(CN5CCC(F)(F)C5)c(F)c4C[C@H]3C[C@@H]12. The molecule has 1 heterocycles. The minimum absolute atomic E-state index is 0.0290. The first-order valence-corrected chi connectivity index (χ1v) is 12.4. The van der Waals surface area contributed by atoms with E-state index in [0.29, 0.717) is 0 Å². The maximum absolute atomic E-state index is 15.7. The monoisotopic (exact) mass is 551 g/mol. The highest BCUT2D eigenvalue weighted by Crippen LogP contribution is 2.53. The van der Waals surface area contributed by atoms with Gasteiger partial charge in [-0.15, -0.1) is 0 Å². The van der Waals surface area contributed by atoms with E-state index in [9.17, 15) is 43.6 Å². The summed E-state index contributed by atoms with van der Waals surface area (Å²) in [5.41, 5.74) is 0.572. The number of carbonyl (C=O) groups is 3. The average Bonchev–Trinajstić information content (AvgIpc) is 3.17. The fraction of sp³-hybridized carbons (Fsp3) is 0.500. The van der Waals surface area contributed by atoms with Gasteiger partial charge in [0, 0.05) is 42.1 Å². The minimum Gasteiger partial charge on any atom is -0.508 e. The lowest BCUT2D eigenvalue weighted by molar-refractivity contribution is -0.153. The summed E-state index contributed by atoms with van der Waals surface area (Å²) in [7, 11) is 2.94. The lowest BCUT2D eigenvalue weighted by Crippen LogP contribution is -2.65. The van der Waals surface area contributed by atoms with E-state index in [1.807, 2.05) is 0 Å². The molecule has 13 heteroatoms. The van der Waals surface area contributed by atoms with Crippen LogP contribution in [0.4, 0.5) is 13.2 Å². The number of nitrogens with zero attached hydrogens (tertiary/aromatic N) is 2. The molecule has 4 aliphatic rings. The number of carbonyl (C=O) groups excluding carboxylic acids is 3. The fourth-order valence-electron chi connectivity index (χ4n) is 6.64. The summed E-state index contributed by atoms with van der Waals surface area (Å²) in [6.45, 7) is -0.750. The zero-order valence-electron chi connectivity index (χ0n) is 21.2. The number of alkyl halides is 2. The zero-order chi connectivity index (χ0) is 28.8. The van der Waals surface area contributed by atoms with Crippen molar-refractivity contribution in [1.82, 2.24) is 9.80 Å². The van der Waals surface area contributed by atoms with Gasteiger partial charge in [0.15, 0.2) is 11.4 Å². The van der Waals surface area contributed by atoms with E-state index in [2.05, 4.69) is 0 Å². The average molecular weight is 552 g/mol. The molecule has 2 fully saturated rings. The van der Waals surface area contributed by atoms with Crippen molar-refractivity contribution in [3.8, 4) is 5.75 Å². The van der Waals surface area contributed by atoms with Crippen LogP contribution in [-0.4, -0.2) is 92.4 Å². The first kappa shape index (κ1) is 27.2. The van der Waals surface area contributed by atoms with Crippen molar-refractivity contribution in [1.29, 1.82) is 0 Å². The molecule has 5 rings (SSSR count). The molecule has 0 spiro atoms. The molecule has 0 unspecified atom stereocenters. The van der Waals surface area contributed by atoms with Gasteiger partial charge in [-0.2, -0.15) is 0 Å². The smallest absolute Gasteiger partial charge is 0.261 e. The number of hydrogen-bond acceptors (Lipinski definition) is 9. The summed E-state index contributed by atoms with van der Waals surface area (Å²) in [5.74, 6) is -12.0. The number of likely N-dealkylation sites (N-methyl/N-ethyl adjacent to an activating group) is 1. The Kier molecular flexibility index (Phi) is 6.13. The van der Waals surface area contributed by atoms with Crippen LogP contribution in [0.1, 0.15) is 29.5 Å². The number of rotatable bonds is 4. The van der Waals surface area contributed by atoms with Crippen LogP contribution < -0.4 is 5.73 Å². The summed E-state index contributed by atoms with van der Waals surface area (Å²) in [6.07, 6.45) is -0.788. The van der Waals surface area contributed by atoms with E-state index in [0.717, 1.165) is 6.07 Å². The number of aliphatic hydroxyl groups excluding tert-OH is 2. The number of amides is 1. The van der Waals surface area contributed by atoms with Gasteiger partial charge in [0.25, 0.3) is 11.8 Å². The predicted octanol–water partition coefficient (Wildman–Crippen LogP) is 0.944. The molecule has 4 atom stereocenters. The second kappa shape index (κ2) is 8.80. The van der Waals surface area contributed by atoms with Crippen LogP contribution >= 0.6 is 0 Å². The molecule has 0 aromatic heterocycles. The molecule has 210 valence electrons. The van der Waals surface area contributed by atoms with Gasteiger partial charge >= 0.3 is 0 Å². The number of halogens is 3. The normalized spacial score (nSPS) is 30.5. The van der Waals surface area contributed by atoms with Crippen molar-refractivity contribution in [2.45, 2.75) is 43.4 Å². The third-order valence-corrected chi connectivity index (χ3v) is 8.37. The minimum atomic E-state index is -2.91. The van der Waals surface area contributed by atoms with Gasteiger partial charge < -0.3 is 26.2 Å². The zero-order valence-corrected chi connectivity index (χ0v) is 21.2. The molecule has 1 aliphatic heterocycles. The van der Waals surface area contributed by atoms with Gasteiger partial charge in [0.1, 0.15) is 28.7 Å². The number of phenols is 1. The number of aliphatic hydroxyl groups is 3. The Morgan fingerprint density at radius 1 is 1.23 bits per heavy atom. The third kappa shape index (κ3) is 3.85. The molecule has 0 bridgehead atoms. The van der Waals surface area contributed by atoms with E-state index in [4.69, 9.17) is 5.73 Å². The van der Waals surface area contributed by atoms with Crippen molar-refractivity contribution >= 4 is 23.2 Å². The number of phenolic OH excluding ortho intramolecular Hbond substituents is 1. The van der Waals surface area contributed by atoms with Gasteiger partial charge in [0.2, 0.25) is 5.78 Å². The van der Waals surface area contributed by atoms with Crippen molar-refractivity contribution in [3.63, 3.8) is 0 Å². The number of likely N-dealkylation sites (tertiary alicyclic amines) is 1. The molecule has 1 aromatic carbocycles. The Labute approximate surface area is 220 Å². The number of benzene rings is 1. The Hall–Kier alpha value is -3.42. The van der Waals surface area contributed by atoms with E-state index in [1.54, 1.807) is 0 Å². The molecule has 10 nitrogen and oxygen atoms in total. The quantitative estimate of drug-likeness (QED) is 0.343. The van der Waals surface area contributed by atoms with Gasteiger partial charge in [-0.1, -0.05) is 0 Å². The van der Waals surface area contributed by atoms with Crippen LogP contribution in [0.2, 0.25) is 0 Å². The Bertz CT molecular complexity index is 1390. The van der Waals surface area contributed by atoms with E-state index < -0.39 is 87.7 Å². The molecular weight excluding hydrogens is 523 g/mol. The predicted molar refractivity (Wildman–Crippen MR) is 129 cm³/mol. The molecule has 1 amide bonds. The van der Waals surface area contributed by atoms with Gasteiger partial charge in [-0.3, -0.25) is 24.2 Å². The molecular formula is C26H28F3N3O7. The Morgan fingerprint density at radius 2 is 1.90 bits per heavy atom. The first-order chi connectivity index (χ1) is 18.1. The maximum atomic E-state index is 15.7. The van der Waals surface area contributed by atoms with Crippen molar-refractivity contribution in [2.24, 2.45) is 17.6 Å². The summed E-state index contributed by atoms with van der Waals surface area (Å²) < 4.78 is 43.0. The van der Waals surface area contributed by atoms with Crippen LogP contribution in [0.15, 0.2) is 23.0 Å². The summed E-state index contributed by atoms with van der Waals surface area (Å²) >= 11 is 0. The molecule has 0 radical (unpaired) electrons. The van der Waals surface area contributed by atoms with Crippen LogP contribution in [0.25, 0.3) is 5.76 Å². The number of primary amides is 1. The summed E-state index contributed by atoms with van der Waals surface area (Å²) in [6, 6.07) is -0.264. The Morgan fingerprint density at radius 3 is 2.46 bits per heavy atom. The number of nitrogens with two attached hydrogens (primary N) is 1. The first-order valence-electron chi connectivity index (χ1n) is 12.4. The van der Waals surface area contributed by atoms with Gasteiger partial charge in [-0.25, -0.2) is 13.2 Å². The molecule has 39 heavy (non-hydrogen) atoms. The largest absolute Gasteiger partial charge is 0.508 e. The van der Waals surface area contributed by atoms with Gasteiger partial charge in [-0.05, 0) is 38.9 Å². The highest BCUT2D eigenvalue weighted by molar-refractivity contribution is 6.24. The number of fused-ring (bicyclic) bond motifs is 3. The highest BCUT2D eigenvalue weighted by atomic mass is 19.3. The van der Waals surface area contributed by atoms with E-state index in [-0.39, 0.29) is 49.0 Å². The van der Waals surface area contributed by atoms with Crippen LogP contribution in [0.3, 0.4) is 0 Å². The van der Waals surface area contributed by atoms with Crippen LogP contribution in [0, 0.1) is 17.7 Å². The third-order valence-electron chi connectivity index (χ3n) is 8.37.